The Hall–Kier alpha value is -1.66. The van der Waals surface area contributed by atoms with Crippen LogP contribution < -0.4 is 15.4 Å². The lowest BCUT2D eigenvalue weighted by atomic mass is 10.1. The number of aromatic nitrogens is 1. The summed E-state index contributed by atoms with van der Waals surface area (Å²) in [6, 6.07) is 11.8. The normalized spacial score (nSPS) is 10.0. The molecule has 0 atom stereocenters. The standard InChI is InChI=1S/C15H16BrN3OS/c1-20-13-4-2-3-11(9-13)7-8-17-15(21)19-14-6-5-12(16)10-18-14/h2-6,9-10H,7-8H2,1H3,(H2,17,18,19,21). The summed E-state index contributed by atoms with van der Waals surface area (Å²) in [5.74, 6) is 1.59. The van der Waals surface area contributed by atoms with Crippen molar-refractivity contribution in [2.75, 3.05) is 19.0 Å². The van der Waals surface area contributed by atoms with Crippen LogP contribution in [-0.2, 0) is 6.42 Å². The number of benzene rings is 1. The van der Waals surface area contributed by atoms with E-state index in [2.05, 4.69) is 37.6 Å². The van der Waals surface area contributed by atoms with Gasteiger partial charge in [-0.1, -0.05) is 12.1 Å². The third-order valence-corrected chi connectivity index (χ3v) is 3.52. The SMILES string of the molecule is COc1cccc(CCNC(=S)Nc2ccc(Br)cn2)c1. The Labute approximate surface area is 138 Å². The number of ether oxygens (including phenoxy) is 1. The molecule has 1 heterocycles. The Morgan fingerprint density at radius 3 is 2.90 bits per heavy atom. The van der Waals surface area contributed by atoms with Crippen molar-refractivity contribution in [1.29, 1.82) is 0 Å². The Morgan fingerprint density at radius 1 is 1.33 bits per heavy atom. The van der Waals surface area contributed by atoms with Gasteiger partial charge in [0.15, 0.2) is 5.11 Å². The van der Waals surface area contributed by atoms with Gasteiger partial charge in [-0.25, -0.2) is 4.98 Å². The zero-order valence-electron chi connectivity index (χ0n) is 11.6. The first-order valence-electron chi connectivity index (χ1n) is 6.47. The van der Waals surface area contributed by atoms with Crippen LogP contribution in [0.15, 0.2) is 47.1 Å². The van der Waals surface area contributed by atoms with E-state index in [0.717, 1.165) is 29.0 Å². The molecule has 21 heavy (non-hydrogen) atoms. The number of methoxy groups -OCH3 is 1. The molecule has 0 bridgehead atoms. The molecule has 0 amide bonds. The fraction of sp³-hybridized carbons (Fsp3) is 0.200. The van der Waals surface area contributed by atoms with Gasteiger partial charge >= 0.3 is 0 Å². The van der Waals surface area contributed by atoms with Crippen molar-refractivity contribution in [2.24, 2.45) is 0 Å². The van der Waals surface area contributed by atoms with Crippen LogP contribution in [-0.4, -0.2) is 23.8 Å². The Bertz CT molecular complexity index is 604. The van der Waals surface area contributed by atoms with Gasteiger partial charge in [0.25, 0.3) is 0 Å². The third-order valence-electron chi connectivity index (χ3n) is 2.80. The second-order valence-corrected chi connectivity index (χ2v) is 5.67. The molecule has 6 heteroatoms. The van der Waals surface area contributed by atoms with Gasteiger partial charge in [0, 0.05) is 17.2 Å². The van der Waals surface area contributed by atoms with Gasteiger partial charge in [-0.05, 0) is 64.4 Å². The molecular weight excluding hydrogens is 350 g/mol. The molecule has 0 fully saturated rings. The summed E-state index contributed by atoms with van der Waals surface area (Å²) in [5.41, 5.74) is 1.20. The number of pyridine rings is 1. The lowest BCUT2D eigenvalue weighted by Crippen LogP contribution is -2.30. The third kappa shape index (κ3) is 5.32. The number of halogens is 1. The highest BCUT2D eigenvalue weighted by Crippen LogP contribution is 2.13. The molecule has 0 aliphatic heterocycles. The monoisotopic (exact) mass is 365 g/mol. The minimum atomic E-state index is 0.563. The fourth-order valence-electron chi connectivity index (χ4n) is 1.76. The van der Waals surface area contributed by atoms with Crippen molar-refractivity contribution in [2.45, 2.75) is 6.42 Å². The van der Waals surface area contributed by atoms with E-state index in [4.69, 9.17) is 17.0 Å². The van der Waals surface area contributed by atoms with Crippen LogP contribution >= 0.6 is 28.1 Å². The Morgan fingerprint density at radius 2 is 2.19 bits per heavy atom. The lowest BCUT2D eigenvalue weighted by molar-refractivity contribution is 0.414. The summed E-state index contributed by atoms with van der Waals surface area (Å²) in [7, 11) is 1.67. The average Bonchev–Trinajstić information content (AvgIpc) is 2.50. The first-order chi connectivity index (χ1) is 10.2. The van der Waals surface area contributed by atoms with E-state index in [-0.39, 0.29) is 0 Å². The molecule has 2 rings (SSSR count). The largest absolute Gasteiger partial charge is 0.497 e. The van der Waals surface area contributed by atoms with E-state index < -0.39 is 0 Å². The highest BCUT2D eigenvalue weighted by Gasteiger charge is 2.00. The number of hydrogen-bond donors (Lipinski definition) is 2. The van der Waals surface area contributed by atoms with Crippen LogP contribution in [0.1, 0.15) is 5.56 Å². The molecule has 0 aliphatic carbocycles. The quantitative estimate of drug-likeness (QED) is 0.795. The van der Waals surface area contributed by atoms with Gasteiger partial charge in [0.1, 0.15) is 11.6 Å². The molecule has 2 aromatic rings. The number of rotatable bonds is 5. The van der Waals surface area contributed by atoms with Crippen molar-refractivity contribution >= 4 is 39.1 Å². The number of nitrogens with zero attached hydrogens (tertiary/aromatic N) is 1. The second kappa shape index (κ2) is 7.95. The predicted octanol–water partition coefficient (Wildman–Crippen LogP) is 3.38. The first kappa shape index (κ1) is 15.7. The van der Waals surface area contributed by atoms with Crippen LogP contribution in [0.25, 0.3) is 0 Å². The maximum Gasteiger partial charge on any atom is 0.171 e. The van der Waals surface area contributed by atoms with Crippen molar-refractivity contribution in [3.8, 4) is 5.75 Å². The van der Waals surface area contributed by atoms with Gasteiger partial charge in [0.05, 0.1) is 7.11 Å². The smallest absolute Gasteiger partial charge is 0.171 e. The molecule has 110 valence electrons. The number of anilines is 1. The van der Waals surface area contributed by atoms with E-state index >= 15 is 0 Å². The summed E-state index contributed by atoms with van der Waals surface area (Å²) in [5, 5.41) is 6.76. The molecule has 4 nitrogen and oxygen atoms in total. The van der Waals surface area contributed by atoms with E-state index in [1.54, 1.807) is 13.3 Å². The topological polar surface area (TPSA) is 46.2 Å². The van der Waals surface area contributed by atoms with Crippen molar-refractivity contribution in [3.05, 3.63) is 52.6 Å². The molecule has 1 aromatic carbocycles. The summed E-state index contributed by atoms with van der Waals surface area (Å²) >= 11 is 8.58. The number of thiocarbonyl (C=S) groups is 1. The van der Waals surface area contributed by atoms with Gasteiger partial charge in [-0.15, -0.1) is 0 Å². The van der Waals surface area contributed by atoms with Crippen molar-refractivity contribution < 1.29 is 4.74 Å². The zero-order valence-corrected chi connectivity index (χ0v) is 14.0. The van der Waals surface area contributed by atoms with Gasteiger partial charge in [0.2, 0.25) is 0 Å². The highest BCUT2D eigenvalue weighted by atomic mass is 79.9. The fourth-order valence-corrected chi connectivity index (χ4v) is 2.20. The molecule has 0 saturated heterocycles. The van der Waals surface area contributed by atoms with Gasteiger partial charge in [-0.3, -0.25) is 0 Å². The minimum Gasteiger partial charge on any atom is -0.497 e. The van der Waals surface area contributed by atoms with Crippen LogP contribution in [0.5, 0.6) is 5.75 Å². The summed E-state index contributed by atoms with van der Waals surface area (Å²) in [4.78, 5) is 4.21. The van der Waals surface area contributed by atoms with Crippen LogP contribution in [0, 0.1) is 0 Å². The summed E-state index contributed by atoms with van der Waals surface area (Å²) < 4.78 is 6.14. The lowest BCUT2D eigenvalue weighted by Gasteiger charge is -2.10. The molecule has 0 saturated carbocycles. The van der Waals surface area contributed by atoms with Crippen molar-refractivity contribution in [1.82, 2.24) is 10.3 Å². The number of hydrogen-bond acceptors (Lipinski definition) is 3. The van der Waals surface area contributed by atoms with E-state index in [1.807, 2.05) is 30.3 Å². The molecule has 1 aromatic heterocycles. The Balaban J connectivity index is 1.77. The van der Waals surface area contributed by atoms with E-state index in [0.29, 0.717) is 5.11 Å². The van der Waals surface area contributed by atoms with Gasteiger partial charge < -0.3 is 15.4 Å². The van der Waals surface area contributed by atoms with Crippen LogP contribution in [0.3, 0.4) is 0 Å². The maximum absolute atomic E-state index is 5.23. The Kier molecular flexibility index (Phi) is 5.95. The average molecular weight is 366 g/mol. The van der Waals surface area contributed by atoms with Crippen molar-refractivity contribution in [3.63, 3.8) is 0 Å². The number of nitrogens with one attached hydrogen (secondary N) is 2. The molecule has 0 aliphatic rings. The van der Waals surface area contributed by atoms with E-state index in [1.165, 1.54) is 5.56 Å². The van der Waals surface area contributed by atoms with E-state index in [9.17, 15) is 0 Å². The minimum absolute atomic E-state index is 0.563. The molecule has 0 radical (unpaired) electrons. The second-order valence-electron chi connectivity index (χ2n) is 4.34. The summed E-state index contributed by atoms with van der Waals surface area (Å²) in [6.45, 7) is 0.746. The van der Waals surface area contributed by atoms with Gasteiger partial charge in [-0.2, -0.15) is 0 Å². The zero-order chi connectivity index (χ0) is 15.1. The van der Waals surface area contributed by atoms with Crippen LogP contribution in [0.4, 0.5) is 5.82 Å². The van der Waals surface area contributed by atoms with Crippen LogP contribution in [0.2, 0.25) is 0 Å². The molecule has 2 N–H and O–H groups in total. The summed E-state index contributed by atoms with van der Waals surface area (Å²) in [6.07, 6.45) is 2.59. The molecule has 0 unspecified atom stereocenters. The maximum atomic E-state index is 5.23. The molecule has 0 spiro atoms. The molecular formula is C15H16BrN3OS. The first-order valence-corrected chi connectivity index (χ1v) is 7.67. The highest BCUT2D eigenvalue weighted by molar-refractivity contribution is 9.10. The predicted molar refractivity (Wildman–Crippen MR) is 92.9 cm³/mol.